The predicted molar refractivity (Wildman–Crippen MR) is 161 cm³/mol. The van der Waals surface area contributed by atoms with Gasteiger partial charge in [0, 0.05) is 44.0 Å². The summed E-state index contributed by atoms with van der Waals surface area (Å²) in [6.07, 6.45) is 3.67. The first-order valence-electron chi connectivity index (χ1n) is 13.0. The van der Waals surface area contributed by atoms with E-state index in [0.717, 1.165) is 47.6 Å². The van der Waals surface area contributed by atoms with E-state index < -0.39 is 31.8 Å². The van der Waals surface area contributed by atoms with Crippen molar-refractivity contribution in [2.75, 3.05) is 6.61 Å². The largest absolute Gasteiger partial charge is 4.00 e. The number of benzene rings is 2. The van der Waals surface area contributed by atoms with Crippen LogP contribution in [0.25, 0.3) is 10.9 Å². The Morgan fingerprint density at radius 3 is 1.47 bits per heavy atom. The molecule has 0 radical (unpaired) electrons. The Bertz CT molecular complexity index is 1500. The van der Waals surface area contributed by atoms with E-state index in [9.17, 15) is 10.2 Å². The molecule has 0 spiro atoms. The number of fused-ring (bicyclic) bond motifs is 1. The molecule has 250 valence electrons. The van der Waals surface area contributed by atoms with Crippen molar-refractivity contribution in [3.8, 4) is 11.5 Å². The fourth-order valence-corrected chi connectivity index (χ4v) is 4.44. The average Bonchev–Trinajstić information content (AvgIpc) is 3.03. The van der Waals surface area contributed by atoms with Crippen LogP contribution < -0.4 is 28.8 Å². The number of hydrogen-bond acceptors (Lipinski definition) is 11. The molecule has 0 atom stereocenters. The molecule has 3 aromatic heterocycles. The quantitative estimate of drug-likeness (QED) is 0.150. The summed E-state index contributed by atoms with van der Waals surface area (Å²) < 4.78 is 34.0. The summed E-state index contributed by atoms with van der Waals surface area (Å²) in [5.74, 6) is -1.87. The van der Waals surface area contributed by atoms with Gasteiger partial charge in [-0.25, -0.2) is 18.6 Å². The van der Waals surface area contributed by atoms with Crippen molar-refractivity contribution in [3.05, 3.63) is 122 Å². The Balaban J connectivity index is 0.000000438. The summed E-state index contributed by atoms with van der Waals surface area (Å²) in [6.45, 7) is 4.19. The second kappa shape index (κ2) is 21.4. The summed E-state index contributed by atoms with van der Waals surface area (Å²) in [5, 5.41) is 29.4. The summed E-state index contributed by atoms with van der Waals surface area (Å²) in [7, 11) is -4.94. The van der Waals surface area contributed by atoms with Gasteiger partial charge in [0.25, 0.3) is 0 Å². The first kappa shape index (κ1) is 42.5. The van der Waals surface area contributed by atoms with E-state index in [4.69, 9.17) is 75.1 Å². The van der Waals surface area contributed by atoms with Crippen molar-refractivity contribution >= 4 is 57.3 Å². The van der Waals surface area contributed by atoms with Gasteiger partial charge < -0.3 is 15.3 Å². The third kappa shape index (κ3) is 15.5. The number of nitrogens with zero attached hydrogens (tertiary/aromatic N) is 4. The fourth-order valence-electron chi connectivity index (χ4n) is 3.63. The molecule has 0 saturated carbocycles. The van der Waals surface area contributed by atoms with E-state index in [-0.39, 0.29) is 33.7 Å². The maximum Gasteiger partial charge on any atom is 4.00 e. The van der Waals surface area contributed by atoms with E-state index in [1.165, 1.54) is 0 Å². The van der Waals surface area contributed by atoms with Crippen LogP contribution in [0.3, 0.4) is 0 Å². The topological polar surface area (TPSA) is 200 Å². The van der Waals surface area contributed by atoms with Crippen molar-refractivity contribution < 1.29 is 61.3 Å². The van der Waals surface area contributed by atoms with E-state index in [1.54, 1.807) is 6.92 Å². The summed E-state index contributed by atoms with van der Waals surface area (Å²) in [5.41, 5.74) is 4.17. The van der Waals surface area contributed by atoms with Gasteiger partial charge in [-0.05, 0) is 43.3 Å². The SMILES string of the molecule is CCO.[Fe+4].[O-][Cl+3]([O-])([O-])[O-].[O-]c1c([O-])c(Cl)c(Cl)c(Cl)c1Cl.c1ccc(CN(Cc2ccccn2)Cc2ccc3ccccc3n2)nc1. The molecule has 0 amide bonds. The molecular weight excluding hydrogens is 761 g/mol. The van der Waals surface area contributed by atoms with Crippen LogP contribution >= 0.6 is 46.4 Å². The van der Waals surface area contributed by atoms with Crippen LogP contribution in [0, 0.1) is 10.2 Å². The van der Waals surface area contributed by atoms with E-state index in [2.05, 4.69) is 51.3 Å². The van der Waals surface area contributed by atoms with E-state index in [1.807, 2.05) is 48.8 Å². The molecule has 5 aromatic rings. The number of halogens is 5. The second-order valence-corrected chi connectivity index (χ2v) is 11.2. The third-order valence-corrected chi connectivity index (χ3v) is 7.22. The molecule has 0 aliphatic heterocycles. The molecule has 0 unspecified atom stereocenters. The van der Waals surface area contributed by atoms with Crippen molar-refractivity contribution in [1.29, 1.82) is 0 Å². The van der Waals surface area contributed by atoms with Crippen LogP contribution in [0.1, 0.15) is 24.0 Å². The number of para-hydroxylation sites is 1. The molecule has 0 fully saturated rings. The van der Waals surface area contributed by atoms with Gasteiger partial charge in [0.1, 0.15) is 0 Å². The number of hydrogen-bond donors (Lipinski definition) is 1. The third-order valence-electron chi connectivity index (χ3n) is 5.45. The first-order chi connectivity index (χ1) is 21.7. The summed E-state index contributed by atoms with van der Waals surface area (Å²) >= 11 is 21.7. The van der Waals surface area contributed by atoms with Crippen LogP contribution in [0.5, 0.6) is 11.5 Å². The molecule has 47 heavy (non-hydrogen) atoms. The number of aliphatic hydroxyl groups is 1. The van der Waals surface area contributed by atoms with Crippen LogP contribution in [-0.2, 0) is 36.7 Å². The minimum atomic E-state index is -4.94. The maximum absolute atomic E-state index is 10.9. The normalized spacial score (nSPS) is 10.4. The number of pyridine rings is 3. The van der Waals surface area contributed by atoms with Crippen LogP contribution in [0.4, 0.5) is 0 Å². The zero-order chi connectivity index (χ0) is 34.3. The van der Waals surface area contributed by atoms with Gasteiger partial charge in [-0.1, -0.05) is 94.3 Å². The standard InChI is InChI=1S/C22H20N4.C6H2Cl4O2.C2H6O.ClHO4.Fe/c1-2-10-22-18(7-1)11-12-21(25-22)17-26(15-19-8-3-5-13-23-19)16-20-9-4-6-14-24-20;7-1-2(8)4(10)6(12)5(11)3(1)9;1-2-3;2-1(3,4)5;/h1-14H,15-17H2;11-12H;3H,2H2,1H3;(H,2,3,4,5);/q;;;;+4/p-3. The molecule has 2 aromatic carbocycles. The monoisotopic (exact) mass is 785 g/mol. The van der Waals surface area contributed by atoms with Gasteiger partial charge in [0.05, 0.1) is 42.7 Å². The van der Waals surface area contributed by atoms with Gasteiger partial charge in [0.2, 0.25) is 0 Å². The van der Waals surface area contributed by atoms with Crippen molar-refractivity contribution in [1.82, 2.24) is 19.9 Å². The van der Waals surface area contributed by atoms with Gasteiger partial charge in [0.15, 0.2) is 0 Å². The van der Waals surface area contributed by atoms with Crippen molar-refractivity contribution in [2.45, 2.75) is 26.6 Å². The number of rotatable bonds is 6. The van der Waals surface area contributed by atoms with Crippen molar-refractivity contribution in [2.24, 2.45) is 0 Å². The Kier molecular flexibility index (Phi) is 19.4. The minimum Gasteiger partial charge on any atom is -0.872 e. The second-order valence-electron chi connectivity index (χ2n) is 8.89. The fraction of sp³-hybridized carbons (Fsp3) is 0.167. The molecule has 3 heterocycles. The number of aromatic nitrogens is 3. The molecular formula is C30H26Cl5FeN4O7+. The van der Waals surface area contributed by atoms with Crippen LogP contribution in [0.15, 0.2) is 85.2 Å². The molecule has 1 N–H and O–H groups in total. The van der Waals surface area contributed by atoms with Gasteiger partial charge in [-0.3, -0.25) is 19.9 Å². The summed E-state index contributed by atoms with van der Waals surface area (Å²) in [4.78, 5) is 16.1. The first-order valence-corrected chi connectivity index (χ1v) is 15.8. The molecule has 11 nitrogen and oxygen atoms in total. The van der Waals surface area contributed by atoms with E-state index in [0.29, 0.717) is 0 Å². The van der Waals surface area contributed by atoms with Crippen LogP contribution in [0.2, 0.25) is 20.1 Å². The minimum absolute atomic E-state index is 0. The zero-order valence-corrected chi connectivity index (χ0v) is 29.2. The molecule has 17 heteroatoms. The molecule has 0 aliphatic carbocycles. The molecule has 0 saturated heterocycles. The molecule has 0 aliphatic rings. The smallest absolute Gasteiger partial charge is 0.872 e. The number of aliphatic hydroxyl groups excluding tert-OH is 1. The Morgan fingerprint density at radius 2 is 1.04 bits per heavy atom. The predicted octanol–water partition coefficient (Wildman–Crippen LogP) is 1.91. The van der Waals surface area contributed by atoms with Gasteiger partial charge >= 0.3 is 17.1 Å². The van der Waals surface area contributed by atoms with Gasteiger partial charge in [-0.2, -0.15) is 0 Å². The average molecular weight is 788 g/mol. The summed E-state index contributed by atoms with van der Waals surface area (Å²) in [6, 6.07) is 24.5. The Labute approximate surface area is 303 Å². The Hall–Kier alpha value is -2.52. The Morgan fingerprint density at radius 1 is 0.638 bits per heavy atom. The van der Waals surface area contributed by atoms with Crippen LogP contribution in [-0.4, -0.2) is 31.6 Å². The van der Waals surface area contributed by atoms with Crippen molar-refractivity contribution in [3.63, 3.8) is 0 Å². The van der Waals surface area contributed by atoms with E-state index >= 15 is 0 Å². The zero-order valence-electron chi connectivity index (χ0n) is 24.3. The molecule has 5 rings (SSSR count). The molecule has 0 bridgehead atoms. The maximum atomic E-state index is 10.9. The van der Waals surface area contributed by atoms with Gasteiger partial charge in [-0.15, -0.1) is 10.2 Å².